The van der Waals surface area contributed by atoms with Crippen LogP contribution in [0.25, 0.3) is 28.1 Å². The van der Waals surface area contributed by atoms with Gasteiger partial charge in [-0.05, 0) is 56.4 Å². The lowest BCUT2D eigenvalue weighted by Crippen LogP contribution is -2.47. The van der Waals surface area contributed by atoms with E-state index in [0.29, 0.717) is 0 Å². The molecule has 4 aromatic rings. The van der Waals surface area contributed by atoms with Gasteiger partial charge in [0.25, 0.3) is 0 Å². The van der Waals surface area contributed by atoms with Crippen LogP contribution in [0.15, 0.2) is 97.1 Å². The molecular weight excluding hydrogens is 362 g/mol. The fraction of sp³-hybridized carbons (Fsp3) is 0.207. The monoisotopic (exact) mass is 390 g/mol. The molecule has 1 aromatic heterocycles. The van der Waals surface area contributed by atoms with Crippen LogP contribution >= 0.6 is 0 Å². The molecule has 0 atom stereocenters. The molecule has 0 saturated carbocycles. The van der Waals surface area contributed by atoms with Crippen LogP contribution in [0.5, 0.6) is 0 Å². The van der Waals surface area contributed by atoms with Gasteiger partial charge in [-0.3, -0.25) is 0 Å². The highest BCUT2D eigenvalue weighted by atomic mass is 15.0. The van der Waals surface area contributed by atoms with Crippen LogP contribution in [0.4, 0.5) is 0 Å². The molecule has 148 valence electrons. The summed E-state index contributed by atoms with van der Waals surface area (Å²) in [6.45, 7) is 4.82. The molecule has 1 aliphatic rings. The van der Waals surface area contributed by atoms with Gasteiger partial charge in [0.15, 0.2) is 5.69 Å². The molecule has 1 heteroatoms. The Morgan fingerprint density at radius 1 is 0.700 bits per heavy atom. The van der Waals surface area contributed by atoms with Crippen LogP contribution < -0.4 is 4.57 Å². The van der Waals surface area contributed by atoms with Gasteiger partial charge in [0, 0.05) is 29.3 Å². The summed E-state index contributed by atoms with van der Waals surface area (Å²) in [7, 11) is 0. The minimum absolute atomic E-state index is 0.109. The largest absolute Gasteiger partial charge is 0.219 e. The lowest BCUT2D eigenvalue weighted by Gasteiger charge is -2.31. The number of hydrogen-bond donors (Lipinski definition) is 0. The molecule has 0 unspecified atom stereocenters. The highest BCUT2D eigenvalue weighted by Crippen LogP contribution is 2.41. The summed E-state index contributed by atoms with van der Waals surface area (Å²) in [5, 5.41) is 0. The number of benzene rings is 3. The third-order valence-electron chi connectivity index (χ3n) is 6.39. The van der Waals surface area contributed by atoms with E-state index < -0.39 is 0 Å². The molecule has 0 N–H and O–H groups in total. The summed E-state index contributed by atoms with van der Waals surface area (Å²) in [4.78, 5) is 0. The van der Waals surface area contributed by atoms with Gasteiger partial charge in [-0.25, -0.2) is 0 Å². The van der Waals surface area contributed by atoms with E-state index in [4.69, 9.17) is 0 Å². The van der Waals surface area contributed by atoms with Crippen molar-refractivity contribution in [3.63, 3.8) is 0 Å². The van der Waals surface area contributed by atoms with Gasteiger partial charge < -0.3 is 0 Å². The Kier molecular flexibility index (Phi) is 4.75. The van der Waals surface area contributed by atoms with E-state index in [1.165, 1.54) is 52.2 Å². The average Bonchev–Trinajstić information content (AvgIpc) is 2.80. The number of rotatable bonds is 3. The second kappa shape index (κ2) is 7.57. The standard InChI is InChI=1S/C29H28N/c1-29(2)20-12-19-25-26(22-13-6-3-7-14-22)21-27(23-15-8-4-9-16-23)30(28(25)29)24-17-10-5-11-18-24/h3-11,13-18,21H,12,19-20H2,1-2H3/q+1. The van der Waals surface area contributed by atoms with Crippen molar-refractivity contribution in [2.45, 2.75) is 38.5 Å². The molecule has 1 heterocycles. The van der Waals surface area contributed by atoms with Gasteiger partial charge >= 0.3 is 0 Å². The minimum atomic E-state index is 0.109. The molecule has 0 aliphatic heterocycles. The lowest BCUT2D eigenvalue weighted by molar-refractivity contribution is -0.598. The van der Waals surface area contributed by atoms with Crippen LogP contribution in [0, 0.1) is 0 Å². The minimum Gasteiger partial charge on any atom is -0.156 e. The summed E-state index contributed by atoms with van der Waals surface area (Å²) < 4.78 is 2.52. The van der Waals surface area contributed by atoms with Crippen LogP contribution in [0.1, 0.15) is 37.9 Å². The normalized spacial score (nSPS) is 14.9. The van der Waals surface area contributed by atoms with Gasteiger partial charge in [0.1, 0.15) is 0 Å². The molecule has 0 fully saturated rings. The molecule has 0 bridgehead atoms. The number of fused-ring (bicyclic) bond motifs is 1. The van der Waals surface area contributed by atoms with Crippen LogP contribution in [-0.2, 0) is 11.8 Å². The van der Waals surface area contributed by atoms with Gasteiger partial charge in [-0.2, -0.15) is 4.57 Å². The first-order valence-electron chi connectivity index (χ1n) is 10.9. The second-order valence-corrected chi connectivity index (χ2v) is 8.91. The first-order chi connectivity index (χ1) is 14.6. The zero-order valence-electron chi connectivity index (χ0n) is 17.8. The van der Waals surface area contributed by atoms with Crippen molar-refractivity contribution in [3.05, 3.63) is 108 Å². The van der Waals surface area contributed by atoms with E-state index in [-0.39, 0.29) is 5.41 Å². The Balaban J connectivity index is 1.92. The first-order valence-corrected chi connectivity index (χ1v) is 10.9. The van der Waals surface area contributed by atoms with Gasteiger partial charge in [-0.15, -0.1) is 0 Å². The predicted molar refractivity (Wildman–Crippen MR) is 125 cm³/mol. The Bertz CT molecular complexity index is 1160. The highest BCUT2D eigenvalue weighted by Gasteiger charge is 2.40. The fourth-order valence-corrected chi connectivity index (χ4v) is 5.00. The van der Waals surface area contributed by atoms with E-state index in [1.807, 2.05) is 0 Å². The van der Waals surface area contributed by atoms with Gasteiger partial charge in [-0.1, -0.05) is 66.7 Å². The predicted octanol–water partition coefficient (Wildman–Crippen LogP) is 6.91. The zero-order chi connectivity index (χ0) is 20.6. The number of nitrogens with zero attached hydrogens (tertiary/aromatic N) is 1. The van der Waals surface area contributed by atoms with E-state index in [1.54, 1.807) is 0 Å². The smallest absolute Gasteiger partial charge is 0.156 e. The van der Waals surface area contributed by atoms with Gasteiger partial charge in [0.2, 0.25) is 11.4 Å². The second-order valence-electron chi connectivity index (χ2n) is 8.91. The summed E-state index contributed by atoms with van der Waals surface area (Å²) in [5.74, 6) is 0. The van der Waals surface area contributed by atoms with Crippen molar-refractivity contribution < 1.29 is 4.57 Å². The third kappa shape index (κ3) is 3.25. The number of para-hydroxylation sites is 1. The average molecular weight is 391 g/mol. The third-order valence-corrected chi connectivity index (χ3v) is 6.39. The Hall–Kier alpha value is -3.19. The maximum absolute atomic E-state index is 2.52. The maximum Gasteiger partial charge on any atom is 0.219 e. The maximum atomic E-state index is 2.52. The van der Waals surface area contributed by atoms with Crippen LogP contribution in [-0.4, -0.2) is 0 Å². The van der Waals surface area contributed by atoms with Crippen molar-refractivity contribution in [1.82, 2.24) is 0 Å². The summed E-state index contributed by atoms with van der Waals surface area (Å²) >= 11 is 0. The quantitative estimate of drug-likeness (QED) is 0.335. The molecule has 0 spiro atoms. The van der Waals surface area contributed by atoms with Crippen molar-refractivity contribution in [3.8, 4) is 28.1 Å². The molecule has 0 radical (unpaired) electrons. The van der Waals surface area contributed by atoms with E-state index >= 15 is 0 Å². The molecule has 0 saturated heterocycles. The number of pyridine rings is 1. The Morgan fingerprint density at radius 3 is 1.90 bits per heavy atom. The van der Waals surface area contributed by atoms with Gasteiger partial charge in [0.05, 0.1) is 5.41 Å². The molecule has 3 aromatic carbocycles. The van der Waals surface area contributed by atoms with E-state index in [2.05, 4.69) is 115 Å². The van der Waals surface area contributed by atoms with Crippen molar-refractivity contribution in [2.24, 2.45) is 0 Å². The lowest BCUT2D eigenvalue weighted by atomic mass is 9.73. The summed E-state index contributed by atoms with van der Waals surface area (Å²) in [6.07, 6.45) is 3.57. The Morgan fingerprint density at radius 2 is 1.27 bits per heavy atom. The highest BCUT2D eigenvalue weighted by molar-refractivity contribution is 5.73. The SMILES string of the molecule is CC1(C)CCCc2c(-c3ccccc3)cc(-c3ccccc3)[n+](-c3ccccc3)c21. The van der Waals surface area contributed by atoms with E-state index in [9.17, 15) is 0 Å². The molecule has 5 rings (SSSR count). The van der Waals surface area contributed by atoms with Crippen molar-refractivity contribution >= 4 is 0 Å². The van der Waals surface area contributed by atoms with Crippen molar-refractivity contribution in [1.29, 1.82) is 0 Å². The van der Waals surface area contributed by atoms with Crippen LogP contribution in [0.2, 0.25) is 0 Å². The van der Waals surface area contributed by atoms with Crippen molar-refractivity contribution in [2.75, 3.05) is 0 Å². The summed E-state index contributed by atoms with van der Waals surface area (Å²) in [6, 6.07) is 35.0. The molecule has 30 heavy (non-hydrogen) atoms. The zero-order valence-corrected chi connectivity index (χ0v) is 17.8. The molecule has 1 aliphatic carbocycles. The van der Waals surface area contributed by atoms with Crippen LogP contribution in [0.3, 0.4) is 0 Å². The summed E-state index contributed by atoms with van der Waals surface area (Å²) in [5.41, 5.74) is 9.51. The number of hydrogen-bond acceptors (Lipinski definition) is 0. The molecule has 0 amide bonds. The van der Waals surface area contributed by atoms with E-state index in [0.717, 1.165) is 6.42 Å². The molecule has 1 nitrogen and oxygen atoms in total. The number of aromatic nitrogens is 1. The Labute approximate surface area is 179 Å². The molecular formula is C29H28N+. The fourth-order valence-electron chi connectivity index (χ4n) is 5.00. The topological polar surface area (TPSA) is 3.88 Å². The first kappa shape index (κ1) is 18.8.